The number of fused-ring (bicyclic) bond motifs is 3. The van der Waals surface area contributed by atoms with Gasteiger partial charge >= 0.3 is 0 Å². The van der Waals surface area contributed by atoms with Gasteiger partial charge < -0.3 is 9.32 Å². The number of hydrogen-bond acceptors (Lipinski definition) is 3. The van der Waals surface area contributed by atoms with Crippen molar-refractivity contribution in [2.75, 3.05) is 11.9 Å². The quantitative estimate of drug-likeness (QED) is 0.138. The van der Waals surface area contributed by atoms with Crippen LogP contribution in [0.25, 0.3) is 45.4 Å². The summed E-state index contributed by atoms with van der Waals surface area (Å²) >= 11 is 0. The molecule has 222 valence electrons. The van der Waals surface area contributed by atoms with Crippen molar-refractivity contribution in [3.8, 4) is 17.1 Å². The number of allylic oxidation sites excluding steroid dienone is 7. The summed E-state index contributed by atoms with van der Waals surface area (Å²) in [5, 5.41) is 0. The Kier molecular flexibility index (Phi) is 7.30. The molecule has 0 amide bonds. The van der Waals surface area contributed by atoms with Crippen LogP contribution in [0.2, 0.25) is 0 Å². The van der Waals surface area contributed by atoms with Crippen molar-refractivity contribution in [3.63, 3.8) is 0 Å². The molecule has 5 nitrogen and oxygen atoms in total. The molecule has 5 heteroatoms. The van der Waals surface area contributed by atoms with Gasteiger partial charge in [-0.2, -0.15) is 4.57 Å². The van der Waals surface area contributed by atoms with E-state index in [4.69, 9.17) is 9.40 Å². The van der Waals surface area contributed by atoms with E-state index in [1.54, 1.807) is 0 Å². The lowest BCUT2D eigenvalue weighted by molar-refractivity contribution is -0.670. The number of hydrogen-bond donors (Lipinski definition) is 0. The van der Waals surface area contributed by atoms with Gasteiger partial charge in [0.1, 0.15) is 11.2 Å². The molecule has 0 aliphatic carbocycles. The third-order valence-electron chi connectivity index (χ3n) is 8.77. The number of aromatic nitrogens is 3. The zero-order valence-electron chi connectivity index (χ0n) is 26.2. The average molecular weight is 590 g/mol. The monoisotopic (exact) mass is 589 g/mol. The van der Waals surface area contributed by atoms with Crippen molar-refractivity contribution in [1.29, 1.82) is 0 Å². The van der Waals surface area contributed by atoms with Gasteiger partial charge in [-0.3, -0.25) is 0 Å². The maximum absolute atomic E-state index is 6.11. The van der Waals surface area contributed by atoms with E-state index in [0.29, 0.717) is 5.89 Å². The van der Waals surface area contributed by atoms with Crippen molar-refractivity contribution in [1.82, 2.24) is 9.55 Å². The van der Waals surface area contributed by atoms with E-state index in [1.807, 2.05) is 24.3 Å². The average Bonchev–Trinajstić information content (AvgIpc) is 3.69. The zero-order valence-corrected chi connectivity index (χ0v) is 26.2. The summed E-state index contributed by atoms with van der Waals surface area (Å²) in [4.78, 5) is 7.04. The molecule has 4 aromatic carbocycles. The summed E-state index contributed by atoms with van der Waals surface area (Å²) in [6.45, 7) is 7.58. The Balaban J connectivity index is 1.21. The number of oxazole rings is 1. The van der Waals surface area contributed by atoms with Crippen LogP contribution in [0.4, 0.5) is 5.69 Å². The molecule has 1 aliphatic heterocycles. The SMILES string of the molecule is CC[n+]1c(/C=C/C=C/C=C/C=C2/N(C)c3ccccc3C2(C)C)n(-c2ccccc2)c2ccc(-c3nc4ccccc4o3)cc21. The fraction of sp³-hybridized carbons (Fsp3) is 0.150. The normalized spacial score (nSPS) is 15.6. The fourth-order valence-electron chi connectivity index (χ4n) is 6.55. The number of aryl methyl sites for hydroxylation is 1. The molecule has 0 radical (unpaired) electrons. The van der Waals surface area contributed by atoms with Crippen molar-refractivity contribution >= 4 is 33.9 Å². The first-order valence-corrected chi connectivity index (χ1v) is 15.5. The molecule has 0 fully saturated rings. The molecular formula is C40H37N4O+. The highest BCUT2D eigenvalue weighted by Crippen LogP contribution is 2.46. The highest BCUT2D eigenvalue weighted by atomic mass is 16.3. The van der Waals surface area contributed by atoms with Crippen molar-refractivity contribution in [2.45, 2.75) is 32.7 Å². The summed E-state index contributed by atoms with van der Waals surface area (Å²) in [5.74, 6) is 1.72. The number of benzene rings is 4. The Labute approximate surface area is 264 Å². The molecule has 0 atom stereocenters. The summed E-state index contributed by atoms with van der Waals surface area (Å²) in [6.07, 6.45) is 14.9. The highest BCUT2D eigenvalue weighted by Gasteiger charge is 2.37. The van der Waals surface area contributed by atoms with Crippen LogP contribution in [0.15, 0.2) is 144 Å². The van der Waals surface area contributed by atoms with Gasteiger partial charge in [0.05, 0.1) is 6.54 Å². The van der Waals surface area contributed by atoms with Gasteiger partial charge in [-0.25, -0.2) is 9.55 Å². The zero-order chi connectivity index (χ0) is 31.0. The van der Waals surface area contributed by atoms with Crippen LogP contribution >= 0.6 is 0 Å². The van der Waals surface area contributed by atoms with Crippen LogP contribution in [0, 0.1) is 0 Å². The van der Waals surface area contributed by atoms with Gasteiger partial charge in [-0.1, -0.05) is 92.8 Å². The molecule has 6 aromatic rings. The predicted molar refractivity (Wildman–Crippen MR) is 185 cm³/mol. The second-order valence-corrected chi connectivity index (χ2v) is 11.8. The summed E-state index contributed by atoms with van der Waals surface area (Å²) < 4.78 is 10.8. The molecule has 1 aliphatic rings. The van der Waals surface area contributed by atoms with Gasteiger partial charge in [-0.15, -0.1) is 0 Å². The van der Waals surface area contributed by atoms with E-state index in [0.717, 1.165) is 45.8 Å². The fourth-order valence-corrected chi connectivity index (χ4v) is 6.55. The lowest BCUT2D eigenvalue weighted by atomic mass is 9.84. The highest BCUT2D eigenvalue weighted by molar-refractivity contribution is 5.83. The first kappa shape index (κ1) is 28.4. The molecule has 0 N–H and O–H groups in total. The second-order valence-electron chi connectivity index (χ2n) is 11.8. The summed E-state index contributed by atoms with van der Waals surface area (Å²) in [5.41, 5.74) is 9.89. The number of likely N-dealkylation sites (N-methyl/N-ethyl adjacent to an activating group) is 1. The Hall–Kier alpha value is -5.42. The van der Waals surface area contributed by atoms with Gasteiger partial charge in [0.2, 0.25) is 5.89 Å². The van der Waals surface area contributed by atoms with Crippen molar-refractivity contribution in [3.05, 3.63) is 151 Å². The Morgan fingerprint density at radius 3 is 2.36 bits per heavy atom. The van der Waals surface area contributed by atoms with E-state index in [-0.39, 0.29) is 5.41 Å². The van der Waals surface area contributed by atoms with Gasteiger partial charge in [0, 0.05) is 41.6 Å². The number of imidazole rings is 1. The van der Waals surface area contributed by atoms with Crippen LogP contribution < -0.4 is 9.47 Å². The smallest absolute Gasteiger partial charge is 0.287 e. The summed E-state index contributed by atoms with van der Waals surface area (Å²) in [6, 6.07) is 33.5. The van der Waals surface area contributed by atoms with Crippen LogP contribution in [0.3, 0.4) is 0 Å². The van der Waals surface area contributed by atoms with E-state index in [2.05, 4.69) is 157 Å². The lowest BCUT2D eigenvalue weighted by Gasteiger charge is -2.23. The van der Waals surface area contributed by atoms with E-state index < -0.39 is 0 Å². The number of anilines is 1. The molecule has 0 unspecified atom stereocenters. The van der Waals surface area contributed by atoms with Gasteiger partial charge in [0.25, 0.3) is 5.82 Å². The number of rotatable bonds is 7. The third-order valence-corrected chi connectivity index (χ3v) is 8.77. The second kappa shape index (κ2) is 11.6. The maximum Gasteiger partial charge on any atom is 0.287 e. The topological polar surface area (TPSA) is 38.1 Å². The predicted octanol–water partition coefficient (Wildman–Crippen LogP) is 9.18. The van der Waals surface area contributed by atoms with E-state index in [1.165, 1.54) is 16.9 Å². The van der Waals surface area contributed by atoms with E-state index in [9.17, 15) is 0 Å². The minimum atomic E-state index is -0.0295. The third kappa shape index (κ3) is 5.00. The molecule has 0 saturated heterocycles. The van der Waals surface area contributed by atoms with Gasteiger partial charge in [0.15, 0.2) is 16.6 Å². The van der Waals surface area contributed by atoms with Crippen LogP contribution in [-0.2, 0) is 12.0 Å². The Morgan fingerprint density at radius 1 is 0.822 bits per heavy atom. The van der Waals surface area contributed by atoms with Crippen molar-refractivity contribution < 1.29 is 8.98 Å². The molecule has 3 heterocycles. The van der Waals surface area contributed by atoms with Crippen LogP contribution in [0.5, 0.6) is 0 Å². The molecular weight excluding hydrogens is 552 g/mol. The van der Waals surface area contributed by atoms with Crippen LogP contribution in [-0.4, -0.2) is 16.6 Å². The minimum absolute atomic E-state index is 0.0295. The summed E-state index contributed by atoms with van der Waals surface area (Å²) in [7, 11) is 2.15. The molecule has 0 bridgehead atoms. The number of nitrogens with zero attached hydrogens (tertiary/aromatic N) is 4. The van der Waals surface area contributed by atoms with Crippen molar-refractivity contribution in [2.24, 2.45) is 0 Å². The number of para-hydroxylation sites is 4. The molecule has 2 aromatic heterocycles. The molecule has 0 spiro atoms. The maximum atomic E-state index is 6.11. The first-order chi connectivity index (χ1) is 22.0. The largest absolute Gasteiger partial charge is 0.436 e. The Morgan fingerprint density at radius 2 is 1.56 bits per heavy atom. The van der Waals surface area contributed by atoms with Crippen LogP contribution in [0.1, 0.15) is 32.2 Å². The molecule has 45 heavy (non-hydrogen) atoms. The minimum Gasteiger partial charge on any atom is -0.436 e. The van der Waals surface area contributed by atoms with E-state index >= 15 is 0 Å². The standard InChI is InChI=1S/C40H37N4O/c1-5-43-35-28-29(39-41-32-21-15-17-23-36(32)45-39)26-27-34(35)44(30-18-10-9-11-19-30)38(43)25-13-8-6-7-12-24-37-40(2,3)31-20-14-16-22-33(31)42(37)4/h6-28H,5H2,1-4H3/q+1. The lowest BCUT2D eigenvalue weighted by Crippen LogP contribution is -2.35. The molecule has 7 rings (SSSR count). The Bertz CT molecular complexity index is 2110. The van der Waals surface area contributed by atoms with Gasteiger partial charge in [-0.05, 0) is 61.0 Å². The first-order valence-electron chi connectivity index (χ1n) is 15.5. The molecule has 0 saturated carbocycles.